The largest absolute Gasteiger partial charge is 0.370 e. The quantitative estimate of drug-likeness (QED) is 0.907. The Labute approximate surface area is 122 Å². The number of aryl methyl sites for hydroxylation is 1. The van der Waals surface area contributed by atoms with Crippen LogP contribution in [0.1, 0.15) is 30.3 Å². The Hall–Kier alpha value is -2.44. The number of aromatic nitrogens is 3. The Morgan fingerprint density at radius 1 is 1.43 bits per heavy atom. The van der Waals surface area contributed by atoms with Crippen LogP contribution in [-0.4, -0.2) is 34.2 Å². The number of aromatic amines is 1. The third kappa shape index (κ3) is 3.36. The fourth-order valence-corrected chi connectivity index (χ4v) is 1.78. The van der Waals surface area contributed by atoms with Crippen LogP contribution in [0, 0.1) is 12.7 Å². The first-order chi connectivity index (χ1) is 9.88. The first-order valence-corrected chi connectivity index (χ1v) is 6.61. The molecule has 6 nitrogen and oxygen atoms in total. The molecule has 2 N–H and O–H groups in total. The third-order valence-electron chi connectivity index (χ3n) is 3.16. The van der Waals surface area contributed by atoms with Gasteiger partial charge in [0.05, 0.1) is 5.69 Å². The molecule has 21 heavy (non-hydrogen) atoms. The summed E-state index contributed by atoms with van der Waals surface area (Å²) in [4.78, 5) is 17.6. The van der Waals surface area contributed by atoms with Crippen LogP contribution in [-0.2, 0) is 0 Å². The van der Waals surface area contributed by atoms with Crippen LogP contribution in [0.2, 0.25) is 0 Å². The van der Waals surface area contributed by atoms with Crippen molar-refractivity contribution < 1.29 is 9.18 Å². The molecule has 0 aliphatic carbocycles. The normalized spacial score (nSPS) is 10.8. The number of nitrogens with one attached hydrogen (secondary N) is 2. The molecule has 0 bridgehead atoms. The number of rotatable bonds is 4. The molecule has 1 heterocycles. The molecule has 0 radical (unpaired) electrons. The van der Waals surface area contributed by atoms with Crippen molar-refractivity contribution in [1.29, 1.82) is 0 Å². The highest BCUT2D eigenvalue weighted by Gasteiger charge is 2.14. The van der Waals surface area contributed by atoms with Crippen molar-refractivity contribution in [3.05, 3.63) is 35.7 Å². The molecule has 0 unspecified atom stereocenters. The van der Waals surface area contributed by atoms with Gasteiger partial charge in [-0.1, -0.05) is 0 Å². The number of hydrogen-bond acceptors (Lipinski definition) is 4. The van der Waals surface area contributed by atoms with Gasteiger partial charge in [0.15, 0.2) is 0 Å². The average molecular weight is 291 g/mol. The fraction of sp³-hybridized carbons (Fsp3) is 0.357. The summed E-state index contributed by atoms with van der Waals surface area (Å²) in [6.07, 6.45) is 0. The van der Waals surface area contributed by atoms with Gasteiger partial charge in [-0.15, -0.1) is 5.10 Å². The molecule has 2 rings (SSSR count). The van der Waals surface area contributed by atoms with E-state index in [1.807, 2.05) is 25.8 Å². The van der Waals surface area contributed by atoms with Gasteiger partial charge in [0.25, 0.3) is 5.91 Å². The summed E-state index contributed by atoms with van der Waals surface area (Å²) in [5, 5.41) is 8.90. The van der Waals surface area contributed by atoms with E-state index in [4.69, 9.17) is 0 Å². The molecule has 2 aromatic rings. The molecular formula is C14H18FN5O. The fourth-order valence-electron chi connectivity index (χ4n) is 1.78. The van der Waals surface area contributed by atoms with Crippen LogP contribution in [0.5, 0.6) is 0 Å². The van der Waals surface area contributed by atoms with Gasteiger partial charge in [-0.2, -0.15) is 0 Å². The predicted octanol–water partition coefficient (Wildman–Crippen LogP) is 2.35. The number of anilines is 2. The number of halogens is 1. The van der Waals surface area contributed by atoms with E-state index in [0.717, 1.165) is 0 Å². The molecule has 1 aromatic carbocycles. The van der Waals surface area contributed by atoms with Crippen LogP contribution in [0.25, 0.3) is 0 Å². The lowest BCUT2D eigenvalue weighted by molar-refractivity contribution is 0.101. The minimum atomic E-state index is -0.483. The Bertz CT molecular complexity index is 653. The summed E-state index contributed by atoms with van der Waals surface area (Å²) in [5.41, 5.74) is 0.845. The summed E-state index contributed by atoms with van der Waals surface area (Å²) in [6.45, 7) is 5.64. The number of carbonyl (C=O) groups excluding carboxylic acids is 1. The van der Waals surface area contributed by atoms with Gasteiger partial charge in [-0.05, 0) is 39.0 Å². The lowest BCUT2D eigenvalue weighted by atomic mass is 10.2. The maximum atomic E-state index is 14.1. The van der Waals surface area contributed by atoms with E-state index in [9.17, 15) is 9.18 Å². The maximum absolute atomic E-state index is 14.1. The molecule has 0 fully saturated rings. The molecule has 0 aliphatic rings. The van der Waals surface area contributed by atoms with E-state index in [-0.39, 0.29) is 11.9 Å². The van der Waals surface area contributed by atoms with Crippen molar-refractivity contribution in [3.63, 3.8) is 0 Å². The van der Waals surface area contributed by atoms with Gasteiger partial charge in [-0.25, -0.2) is 9.37 Å². The SMILES string of the molecule is Cc1nc(C(=O)Nc2ccc(N(C)C(C)C)c(F)c2)n[nH]1. The first kappa shape index (κ1) is 15.0. The number of nitrogens with zero attached hydrogens (tertiary/aromatic N) is 3. The molecule has 112 valence electrons. The van der Waals surface area contributed by atoms with Crippen molar-refractivity contribution in [3.8, 4) is 0 Å². The van der Waals surface area contributed by atoms with Crippen molar-refractivity contribution in [1.82, 2.24) is 15.2 Å². The van der Waals surface area contributed by atoms with Crippen LogP contribution < -0.4 is 10.2 Å². The van der Waals surface area contributed by atoms with Crippen LogP contribution >= 0.6 is 0 Å². The van der Waals surface area contributed by atoms with Gasteiger partial charge in [0.2, 0.25) is 5.82 Å². The highest BCUT2D eigenvalue weighted by atomic mass is 19.1. The highest BCUT2D eigenvalue weighted by Crippen LogP contribution is 2.23. The summed E-state index contributed by atoms with van der Waals surface area (Å²) < 4.78 is 14.1. The van der Waals surface area contributed by atoms with Gasteiger partial charge < -0.3 is 10.2 Å². The van der Waals surface area contributed by atoms with E-state index < -0.39 is 11.7 Å². The number of carbonyl (C=O) groups is 1. The molecule has 1 amide bonds. The van der Waals surface area contributed by atoms with E-state index in [1.54, 1.807) is 19.1 Å². The lowest BCUT2D eigenvalue weighted by Gasteiger charge is -2.24. The van der Waals surface area contributed by atoms with E-state index in [0.29, 0.717) is 17.2 Å². The summed E-state index contributed by atoms with van der Waals surface area (Å²) >= 11 is 0. The van der Waals surface area contributed by atoms with E-state index in [2.05, 4.69) is 20.5 Å². The van der Waals surface area contributed by atoms with Gasteiger partial charge >= 0.3 is 0 Å². The Kier molecular flexibility index (Phi) is 4.21. The van der Waals surface area contributed by atoms with Crippen LogP contribution in [0.3, 0.4) is 0 Å². The van der Waals surface area contributed by atoms with Crippen molar-refractivity contribution in [2.24, 2.45) is 0 Å². The summed E-state index contributed by atoms with van der Waals surface area (Å²) in [5.74, 6) is -0.310. The van der Waals surface area contributed by atoms with Gasteiger partial charge in [0.1, 0.15) is 11.6 Å². The Balaban J connectivity index is 2.15. The molecule has 0 spiro atoms. The Morgan fingerprint density at radius 3 is 2.67 bits per heavy atom. The van der Waals surface area contributed by atoms with Crippen molar-refractivity contribution >= 4 is 17.3 Å². The smallest absolute Gasteiger partial charge is 0.295 e. The van der Waals surface area contributed by atoms with Crippen molar-refractivity contribution in [2.75, 3.05) is 17.3 Å². The average Bonchev–Trinajstić information content (AvgIpc) is 2.85. The minimum absolute atomic E-state index is 0.0243. The zero-order valence-corrected chi connectivity index (χ0v) is 12.4. The van der Waals surface area contributed by atoms with Gasteiger partial charge in [0, 0.05) is 18.8 Å². The highest BCUT2D eigenvalue weighted by molar-refractivity contribution is 6.01. The summed E-state index contributed by atoms with van der Waals surface area (Å²) in [7, 11) is 1.82. The second-order valence-corrected chi connectivity index (χ2v) is 5.07. The standard InChI is InChI=1S/C14H18FN5O/c1-8(2)20(4)12-6-5-10(7-11(12)15)17-14(21)13-16-9(3)18-19-13/h5-8H,1-4H3,(H,17,21)(H,16,18,19). The number of H-pyrrole nitrogens is 1. The number of hydrogen-bond donors (Lipinski definition) is 2. The number of amides is 1. The second kappa shape index (κ2) is 5.90. The lowest BCUT2D eigenvalue weighted by Crippen LogP contribution is -2.26. The monoisotopic (exact) mass is 291 g/mol. The minimum Gasteiger partial charge on any atom is -0.370 e. The third-order valence-corrected chi connectivity index (χ3v) is 3.16. The molecule has 0 saturated carbocycles. The molecule has 7 heteroatoms. The zero-order valence-electron chi connectivity index (χ0n) is 12.4. The Morgan fingerprint density at radius 2 is 2.14 bits per heavy atom. The van der Waals surface area contributed by atoms with Crippen LogP contribution in [0.15, 0.2) is 18.2 Å². The summed E-state index contributed by atoms with van der Waals surface area (Å²) in [6, 6.07) is 4.74. The molecular weight excluding hydrogens is 273 g/mol. The number of benzene rings is 1. The van der Waals surface area contributed by atoms with E-state index in [1.165, 1.54) is 6.07 Å². The van der Waals surface area contributed by atoms with Gasteiger partial charge in [-0.3, -0.25) is 9.89 Å². The zero-order chi connectivity index (χ0) is 15.6. The molecule has 0 saturated heterocycles. The molecule has 0 atom stereocenters. The molecule has 0 aliphatic heterocycles. The maximum Gasteiger partial charge on any atom is 0.295 e. The van der Waals surface area contributed by atoms with E-state index >= 15 is 0 Å². The first-order valence-electron chi connectivity index (χ1n) is 6.61. The van der Waals surface area contributed by atoms with Crippen molar-refractivity contribution in [2.45, 2.75) is 26.8 Å². The van der Waals surface area contributed by atoms with Crippen LogP contribution in [0.4, 0.5) is 15.8 Å². The molecule has 1 aromatic heterocycles. The topological polar surface area (TPSA) is 73.9 Å². The second-order valence-electron chi connectivity index (χ2n) is 5.07. The predicted molar refractivity (Wildman–Crippen MR) is 79.0 cm³/mol.